The second-order valence-electron chi connectivity index (χ2n) is 5.85. The molecule has 4 nitrogen and oxygen atoms in total. The zero-order valence-electron chi connectivity index (χ0n) is 12.6. The number of aromatic nitrogens is 2. The van der Waals surface area contributed by atoms with Crippen LogP contribution >= 0.6 is 0 Å². The summed E-state index contributed by atoms with van der Waals surface area (Å²) in [6.45, 7) is 5.90. The van der Waals surface area contributed by atoms with Crippen molar-refractivity contribution in [2.75, 3.05) is 11.4 Å². The first-order valence-corrected chi connectivity index (χ1v) is 7.56. The van der Waals surface area contributed by atoms with Crippen molar-refractivity contribution < 1.29 is 4.79 Å². The molecule has 1 aromatic carbocycles. The van der Waals surface area contributed by atoms with Crippen molar-refractivity contribution in [2.24, 2.45) is 0 Å². The first-order chi connectivity index (χ1) is 10.1. The van der Waals surface area contributed by atoms with Crippen LogP contribution in [0.25, 0.3) is 0 Å². The fourth-order valence-corrected chi connectivity index (χ4v) is 2.78. The van der Waals surface area contributed by atoms with Crippen LogP contribution in [0, 0.1) is 0 Å². The number of hydrogen-bond acceptors (Lipinski definition) is 3. The molecule has 0 bridgehead atoms. The predicted octanol–water partition coefficient (Wildman–Crippen LogP) is 3.45. The van der Waals surface area contributed by atoms with Crippen LogP contribution in [0.3, 0.4) is 0 Å². The van der Waals surface area contributed by atoms with Crippen LogP contribution in [0.15, 0.2) is 36.5 Å². The van der Waals surface area contributed by atoms with Gasteiger partial charge in [-0.1, -0.05) is 12.1 Å². The van der Waals surface area contributed by atoms with E-state index in [0.29, 0.717) is 12.5 Å². The van der Waals surface area contributed by atoms with E-state index in [2.05, 4.69) is 29.9 Å². The molecule has 0 atom stereocenters. The Kier molecular flexibility index (Phi) is 3.78. The number of fused-ring (bicyclic) bond motifs is 1. The summed E-state index contributed by atoms with van der Waals surface area (Å²) < 4.78 is 1.98. The van der Waals surface area contributed by atoms with Gasteiger partial charge in [-0.15, -0.1) is 0 Å². The van der Waals surface area contributed by atoms with E-state index in [1.807, 2.05) is 35.1 Å². The van der Waals surface area contributed by atoms with E-state index in [-0.39, 0.29) is 5.78 Å². The topological polar surface area (TPSA) is 38.1 Å². The van der Waals surface area contributed by atoms with Gasteiger partial charge in [0.1, 0.15) is 0 Å². The Morgan fingerprint density at radius 1 is 1.24 bits per heavy atom. The molecule has 21 heavy (non-hydrogen) atoms. The third-order valence-electron chi connectivity index (χ3n) is 3.92. The van der Waals surface area contributed by atoms with Crippen LogP contribution in [0.4, 0.5) is 5.69 Å². The molecule has 0 N–H and O–H groups in total. The van der Waals surface area contributed by atoms with Gasteiger partial charge >= 0.3 is 0 Å². The largest absolute Gasteiger partial charge is 0.365 e. The molecule has 3 rings (SSSR count). The molecule has 110 valence electrons. The number of nitrogens with zero attached hydrogens (tertiary/aromatic N) is 3. The Morgan fingerprint density at radius 3 is 2.81 bits per heavy atom. The summed E-state index contributed by atoms with van der Waals surface area (Å²) in [6, 6.07) is 10.3. The van der Waals surface area contributed by atoms with Crippen molar-refractivity contribution in [3.63, 3.8) is 0 Å². The van der Waals surface area contributed by atoms with Crippen molar-refractivity contribution >= 4 is 11.5 Å². The molecule has 0 unspecified atom stereocenters. The van der Waals surface area contributed by atoms with E-state index >= 15 is 0 Å². The Labute approximate surface area is 125 Å². The predicted molar refractivity (Wildman–Crippen MR) is 83.7 cm³/mol. The third-order valence-corrected chi connectivity index (χ3v) is 3.92. The molecule has 0 aliphatic carbocycles. The molecule has 0 radical (unpaired) electrons. The SMILES string of the molecule is CC(C)n1ccc(CN2CCCC(=O)c3ccccc32)n1. The van der Waals surface area contributed by atoms with Gasteiger partial charge in [0, 0.05) is 36.5 Å². The summed E-state index contributed by atoms with van der Waals surface area (Å²) in [4.78, 5) is 14.4. The summed E-state index contributed by atoms with van der Waals surface area (Å²) in [5.74, 6) is 0.251. The number of ketones is 1. The minimum Gasteiger partial charge on any atom is -0.365 e. The second-order valence-corrected chi connectivity index (χ2v) is 5.85. The number of Topliss-reactive ketones (excluding diaryl/α,β-unsaturated/α-hetero) is 1. The highest BCUT2D eigenvalue weighted by atomic mass is 16.1. The quantitative estimate of drug-likeness (QED) is 0.866. The summed E-state index contributed by atoms with van der Waals surface area (Å²) in [7, 11) is 0. The number of hydrogen-bond donors (Lipinski definition) is 0. The van der Waals surface area contributed by atoms with E-state index in [9.17, 15) is 4.79 Å². The highest BCUT2D eigenvalue weighted by Crippen LogP contribution is 2.27. The van der Waals surface area contributed by atoms with Crippen LogP contribution in [-0.4, -0.2) is 22.1 Å². The summed E-state index contributed by atoms with van der Waals surface area (Å²) in [5.41, 5.74) is 2.94. The van der Waals surface area contributed by atoms with Gasteiger partial charge in [-0.05, 0) is 38.5 Å². The van der Waals surface area contributed by atoms with Crippen molar-refractivity contribution in [3.8, 4) is 0 Å². The minimum absolute atomic E-state index is 0.251. The Bertz CT molecular complexity index is 645. The molecule has 1 aliphatic rings. The summed E-state index contributed by atoms with van der Waals surface area (Å²) in [6.07, 6.45) is 3.56. The molecule has 4 heteroatoms. The van der Waals surface area contributed by atoms with Crippen LogP contribution < -0.4 is 4.90 Å². The number of anilines is 1. The molecular formula is C17H21N3O. The highest BCUT2D eigenvalue weighted by molar-refractivity contribution is 6.01. The Morgan fingerprint density at radius 2 is 2.05 bits per heavy atom. The van der Waals surface area contributed by atoms with Crippen LogP contribution in [0.5, 0.6) is 0 Å². The first-order valence-electron chi connectivity index (χ1n) is 7.56. The summed E-state index contributed by atoms with van der Waals surface area (Å²) >= 11 is 0. The average molecular weight is 283 g/mol. The van der Waals surface area contributed by atoms with Gasteiger partial charge < -0.3 is 4.90 Å². The van der Waals surface area contributed by atoms with Gasteiger partial charge in [0.25, 0.3) is 0 Å². The van der Waals surface area contributed by atoms with Crippen LogP contribution in [-0.2, 0) is 6.54 Å². The molecule has 0 fully saturated rings. The molecule has 2 heterocycles. The molecule has 0 spiro atoms. The molecule has 1 aliphatic heterocycles. The van der Waals surface area contributed by atoms with E-state index < -0.39 is 0 Å². The Hall–Kier alpha value is -2.10. The maximum atomic E-state index is 12.2. The van der Waals surface area contributed by atoms with Gasteiger partial charge in [0.05, 0.1) is 12.2 Å². The fraction of sp³-hybridized carbons (Fsp3) is 0.412. The van der Waals surface area contributed by atoms with E-state index in [4.69, 9.17) is 0 Å². The van der Waals surface area contributed by atoms with Gasteiger partial charge in [-0.25, -0.2) is 0 Å². The minimum atomic E-state index is 0.251. The molecular weight excluding hydrogens is 262 g/mol. The lowest BCUT2D eigenvalue weighted by molar-refractivity contribution is 0.0984. The number of carbonyl (C=O) groups excluding carboxylic acids is 1. The van der Waals surface area contributed by atoms with Crippen molar-refractivity contribution in [3.05, 3.63) is 47.8 Å². The van der Waals surface area contributed by atoms with Gasteiger partial charge in [0.2, 0.25) is 0 Å². The molecule has 0 saturated carbocycles. The highest BCUT2D eigenvalue weighted by Gasteiger charge is 2.21. The zero-order valence-corrected chi connectivity index (χ0v) is 12.6. The fourth-order valence-electron chi connectivity index (χ4n) is 2.78. The van der Waals surface area contributed by atoms with E-state index in [1.54, 1.807) is 0 Å². The second kappa shape index (κ2) is 5.72. The monoisotopic (exact) mass is 283 g/mol. The maximum Gasteiger partial charge on any atom is 0.165 e. The number of para-hydroxylation sites is 1. The van der Waals surface area contributed by atoms with Crippen molar-refractivity contribution in [1.82, 2.24) is 9.78 Å². The lowest BCUT2D eigenvalue weighted by atomic mass is 10.1. The number of benzene rings is 1. The number of rotatable bonds is 3. The van der Waals surface area contributed by atoms with Crippen LogP contribution in [0.2, 0.25) is 0 Å². The first kappa shape index (κ1) is 13.9. The summed E-state index contributed by atoms with van der Waals surface area (Å²) in [5, 5.41) is 4.62. The normalized spacial score (nSPS) is 15.2. The van der Waals surface area contributed by atoms with E-state index in [0.717, 1.165) is 36.5 Å². The standard InChI is InChI=1S/C17H21N3O/c1-13(2)20-11-9-14(18-20)12-19-10-5-8-17(21)15-6-3-4-7-16(15)19/h3-4,6-7,9,11,13H,5,8,10,12H2,1-2H3. The third kappa shape index (κ3) is 2.84. The maximum absolute atomic E-state index is 12.2. The molecule has 0 amide bonds. The molecule has 2 aromatic rings. The van der Waals surface area contributed by atoms with E-state index in [1.165, 1.54) is 0 Å². The van der Waals surface area contributed by atoms with Crippen LogP contribution in [0.1, 0.15) is 48.8 Å². The van der Waals surface area contributed by atoms with Crippen molar-refractivity contribution in [2.45, 2.75) is 39.3 Å². The molecule has 0 saturated heterocycles. The van der Waals surface area contributed by atoms with Crippen molar-refractivity contribution in [1.29, 1.82) is 0 Å². The molecule has 1 aromatic heterocycles. The lowest BCUT2D eigenvalue weighted by Gasteiger charge is -2.23. The average Bonchev–Trinajstić information content (AvgIpc) is 2.89. The van der Waals surface area contributed by atoms with Gasteiger partial charge in [0.15, 0.2) is 5.78 Å². The van der Waals surface area contributed by atoms with Gasteiger partial charge in [-0.3, -0.25) is 9.48 Å². The Balaban J connectivity index is 1.87. The van der Waals surface area contributed by atoms with Gasteiger partial charge in [-0.2, -0.15) is 5.10 Å². The number of carbonyl (C=O) groups is 1. The zero-order chi connectivity index (χ0) is 14.8. The smallest absolute Gasteiger partial charge is 0.165 e. The lowest BCUT2D eigenvalue weighted by Crippen LogP contribution is -2.24.